The first-order chi connectivity index (χ1) is 17.7. The van der Waals surface area contributed by atoms with E-state index in [1.54, 1.807) is 19.2 Å². The number of rotatable bonds is 9. The molecule has 4 rings (SSSR count). The minimum atomic E-state index is -3.78. The van der Waals surface area contributed by atoms with Crippen LogP contribution in [0.15, 0.2) is 41.3 Å². The van der Waals surface area contributed by atoms with Crippen molar-refractivity contribution in [2.24, 2.45) is 11.3 Å². The van der Waals surface area contributed by atoms with Crippen molar-refractivity contribution >= 4 is 15.8 Å². The van der Waals surface area contributed by atoms with Crippen molar-refractivity contribution in [2.75, 3.05) is 51.8 Å². The Labute approximate surface area is 222 Å². The Kier molecular flexibility index (Phi) is 8.78. The minimum Gasteiger partial charge on any atom is -0.497 e. The van der Waals surface area contributed by atoms with Crippen LogP contribution in [0.4, 0.5) is 5.82 Å². The number of nitrogens with zero attached hydrogens (tertiary/aromatic N) is 3. The number of ether oxygens (including phenoxy) is 1. The van der Waals surface area contributed by atoms with Gasteiger partial charge in [-0.15, -0.1) is 0 Å². The predicted octanol–water partition coefficient (Wildman–Crippen LogP) is 4.07. The predicted molar refractivity (Wildman–Crippen MR) is 146 cm³/mol. The molecule has 8 nitrogen and oxygen atoms in total. The normalized spacial score (nSPS) is 21.9. The number of aromatic nitrogens is 1. The number of aliphatic hydroxyl groups is 1. The van der Waals surface area contributed by atoms with Crippen molar-refractivity contribution in [1.29, 1.82) is 0 Å². The van der Waals surface area contributed by atoms with Crippen LogP contribution in [0, 0.1) is 18.3 Å². The summed E-state index contributed by atoms with van der Waals surface area (Å²) >= 11 is 0. The maximum absolute atomic E-state index is 13.8. The second-order valence-corrected chi connectivity index (χ2v) is 13.0. The van der Waals surface area contributed by atoms with Gasteiger partial charge in [-0.25, -0.2) is 13.4 Å². The van der Waals surface area contributed by atoms with Crippen LogP contribution in [-0.2, 0) is 10.0 Å². The van der Waals surface area contributed by atoms with Gasteiger partial charge in [-0.05, 0) is 74.5 Å². The second kappa shape index (κ2) is 11.7. The molecule has 2 atom stereocenters. The smallest absolute Gasteiger partial charge is 0.246 e. The van der Waals surface area contributed by atoms with Gasteiger partial charge in [-0.1, -0.05) is 32.4 Å². The Balaban J connectivity index is 1.60. The van der Waals surface area contributed by atoms with E-state index in [1.165, 1.54) is 10.7 Å². The monoisotopic (exact) mass is 530 g/mol. The van der Waals surface area contributed by atoms with Crippen LogP contribution in [0.25, 0.3) is 0 Å². The summed E-state index contributed by atoms with van der Waals surface area (Å²) in [5.41, 5.74) is 1.82. The van der Waals surface area contributed by atoms with Gasteiger partial charge in [-0.3, -0.25) is 4.90 Å². The second-order valence-electron chi connectivity index (χ2n) is 11.0. The zero-order valence-electron chi connectivity index (χ0n) is 22.6. The summed E-state index contributed by atoms with van der Waals surface area (Å²) in [4.78, 5) is 7.30. The quantitative estimate of drug-likeness (QED) is 0.505. The van der Waals surface area contributed by atoms with E-state index in [4.69, 9.17) is 4.74 Å². The molecule has 1 aromatic carbocycles. The molecule has 2 unspecified atom stereocenters. The largest absolute Gasteiger partial charge is 0.497 e. The van der Waals surface area contributed by atoms with Crippen LogP contribution in [0.1, 0.15) is 56.8 Å². The molecular weight excluding hydrogens is 488 g/mol. The van der Waals surface area contributed by atoms with Gasteiger partial charge in [0.05, 0.1) is 13.2 Å². The number of likely N-dealkylation sites (tertiary alicyclic amines) is 1. The van der Waals surface area contributed by atoms with Crippen molar-refractivity contribution in [3.63, 3.8) is 0 Å². The molecule has 1 aromatic heterocycles. The summed E-state index contributed by atoms with van der Waals surface area (Å²) in [6.45, 7) is 9.33. The standard InChI is InChI=1S/C28H42N4O4S/c1-21-8-13-26(37(34,35)32-17-14-28(2,3)23(19-32)20-33)27(30-21)29-18-25(31-15-6-5-7-16-31)22-9-11-24(36-4)12-10-22/h8-13,23,25,33H,5-7,14-20H2,1-4H3,(H,29,30). The van der Waals surface area contributed by atoms with Crippen molar-refractivity contribution in [3.05, 3.63) is 47.7 Å². The van der Waals surface area contributed by atoms with Crippen LogP contribution in [0.2, 0.25) is 0 Å². The highest BCUT2D eigenvalue weighted by atomic mass is 32.2. The average Bonchev–Trinajstić information content (AvgIpc) is 2.89. The summed E-state index contributed by atoms with van der Waals surface area (Å²) in [7, 11) is -2.12. The molecule has 37 heavy (non-hydrogen) atoms. The summed E-state index contributed by atoms with van der Waals surface area (Å²) in [6, 6.07) is 11.6. The lowest BCUT2D eigenvalue weighted by atomic mass is 9.74. The Morgan fingerprint density at radius 1 is 1.11 bits per heavy atom. The third kappa shape index (κ3) is 6.28. The van der Waals surface area contributed by atoms with Gasteiger partial charge in [0.2, 0.25) is 10.0 Å². The molecule has 2 aromatic rings. The lowest BCUT2D eigenvalue weighted by Crippen LogP contribution is -2.48. The highest BCUT2D eigenvalue weighted by molar-refractivity contribution is 7.89. The van der Waals surface area contributed by atoms with Crippen LogP contribution >= 0.6 is 0 Å². The van der Waals surface area contributed by atoms with Crippen LogP contribution in [0.3, 0.4) is 0 Å². The van der Waals surface area contributed by atoms with E-state index in [0.29, 0.717) is 31.9 Å². The molecule has 0 saturated carbocycles. The molecule has 0 aliphatic carbocycles. The van der Waals surface area contributed by atoms with Crippen LogP contribution < -0.4 is 10.1 Å². The summed E-state index contributed by atoms with van der Waals surface area (Å²) in [5, 5.41) is 13.3. The van der Waals surface area contributed by atoms with E-state index < -0.39 is 10.0 Å². The summed E-state index contributed by atoms with van der Waals surface area (Å²) in [6.07, 6.45) is 4.26. The molecule has 2 fully saturated rings. The van der Waals surface area contributed by atoms with Gasteiger partial charge >= 0.3 is 0 Å². The van der Waals surface area contributed by atoms with E-state index in [2.05, 4.69) is 41.2 Å². The maximum atomic E-state index is 13.8. The first kappa shape index (κ1) is 27.8. The molecule has 0 bridgehead atoms. The molecule has 9 heteroatoms. The van der Waals surface area contributed by atoms with E-state index in [1.807, 2.05) is 19.1 Å². The molecule has 204 valence electrons. The minimum absolute atomic E-state index is 0.0321. The van der Waals surface area contributed by atoms with E-state index in [0.717, 1.165) is 42.9 Å². The fourth-order valence-electron chi connectivity index (χ4n) is 5.45. The first-order valence-corrected chi connectivity index (χ1v) is 14.8. The number of aryl methyl sites for hydroxylation is 1. The molecular formula is C28H42N4O4S. The molecule has 0 spiro atoms. The number of hydrogen-bond donors (Lipinski definition) is 2. The zero-order chi connectivity index (χ0) is 26.6. The number of anilines is 1. The van der Waals surface area contributed by atoms with Gasteiger partial charge in [0.15, 0.2) is 0 Å². The number of methoxy groups -OCH3 is 1. The van der Waals surface area contributed by atoms with Crippen molar-refractivity contribution in [2.45, 2.75) is 57.4 Å². The molecule has 2 aliphatic heterocycles. The fraction of sp³-hybridized carbons (Fsp3) is 0.607. The van der Waals surface area contributed by atoms with Gasteiger partial charge < -0.3 is 15.2 Å². The van der Waals surface area contributed by atoms with Gasteiger partial charge in [0.25, 0.3) is 0 Å². The first-order valence-electron chi connectivity index (χ1n) is 13.4. The highest BCUT2D eigenvalue weighted by Gasteiger charge is 2.40. The van der Waals surface area contributed by atoms with Gasteiger partial charge in [0, 0.05) is 37.9 Å². The molecule has 0 amide bonds. The number of pyridine rings is 1. The van der Waals surface area contributed by atoms with E-state index >= 15 is 0 Å². The highest BCUT2D eigenvalue weighted by Crippen LogP contribution is 2.38. The zero-order valence-corrected chi connectivity index (χ0v) is 23.4. The third-order valence-corrected chi connectivity index (χ3v) is 10.1. The van der Waals surface area contributed by atoms with Crippen molar-refractivity contribution < 1.29 is 18.3 Å². The number of hydrogen-bond acceptors (Lipinski definition) is 7. The summed E-state index contributed by atoms with van der Waals surface area (Å²) in [5.74, 6) is 1.10. The lowest BCUT2D eigenvalue weighted by molar-refractivity contribution is 0.0546. The maximum Gasteiger partial charge on any atom is 0.246 e. The molecule has 2 aliphatic rings. The number of sulfonamides is 1. The SMILES string of the molecule is COc1ccc(C(CNc2nc(C)ccc2S(=O)(=O)N2CCC(C)(C)C(CO)C2)N2CCCCC2)cc1. The number of nitrogens with one attached hydrogen (secondary N) is 1. The van der Waals surface area contributed by atoms with E-state index in [9.17, 15) is 13.5 Å². The Morgan fingerprint density at radius 3 is 2.46 bits per heavy atom. The Hall–Kier alpha value is -2.20. The fourth-order valence-corrected chi connectivity index (χ4v) is 7.04. The lowest BCUT2D eigenvalue weighted by Gasteiger charge is -2.42. The molecule has 2 saturated heterocycles. The van der Waals surface area contributed by atoms with E-state index in [-0.39, 0.29) is 28.9 Å². The number of aliphatic hydroxyl groups excluding tert-OH is 1. The Bertz CT molecular complexity index is 1150. The third-order valence-electron chi connectivity index (χ3n) is 8.17. The van der Waals surface area contributed by atoms with Crippen LogP contribution in [0.5, 0.6) is 5.75 Å². The molecule has 0 radical (unpaired) electrons. The molecule has 3 heterocycles. The van der Waals surface area contributed by atoms with Gasteiger partial charge in [-0.2, -0.15) is 4.31 Å². The number of piperidine rings is 2. The van der Waals surface area contributed by atoms with Crippen molar-refractivity contribution in [3.8, 4) is 5.75 Å². The topological polar surface area (TPSA) is 95.0 Å². The van der Waals surface area contributed by atoms with Crippen molar-refractivity contribution in [1.82, 2.24) is 14.2 Å². The average molecular weight is 531 g/mol. The number of benzene rings is 1. The van der Waals surface area contributed by atoms with Crippen LogP contribution in [-0.4, -0.2) is 74.2 Å². The van der Waals surface area contributed by atoms with Gasteiger partial charge in [0.1, 0.15) is 16.5 Å². The Morgan fingerprint density at radius 2 is 1.81 bits per heavy atom. The molecule has 2 N–H and O–H groups in total. The summed E-state index contributed by atoms with van der Waals surface area (Å²) < 4.78 is 34.5.